The highest BCUT2D eigenvalue weighted by molar-refractivity contribution is 5.72. The Balaban J connectivity index is 2.62. The van der Waals surface area contributed by atoms with Gasteiger partial charge in [-0.3, -0.25) is 10.1 Å². The molecule has 20 heavy (non-hydrogen) atoms. The predicted octanol–water partition coefficient (Wildman–Crippen LogP) is 2.27. The normalized spacial score (nSPS) is 12.6. The van der Waals surface area contributed by atoms with Crippen LogP contribution in [0.15, 0.2) is 24.3 Å². The summed E-state index contributed by atoms with van der Waals surface area (Å²) in [4.78, 5) is 10.8. The van der Waals surface area contributed by atoms with E-state index < -0.39 is 0 Å². The van der Waals surface area contributed by atoms with Crippen molar-refractivity contribution < 1.29 is 4.79 Å². The Bertz CT molecular complexity index is 480. The lowest BCUT2D eigenvalue weighted by Crippen LogP contribution is -2.32. The van der Waals surface area contributed by atoms with Gasteiger partial charge in [0.25, 0.3) is 0 Å². The van der Waals surface area contributed by atoms with Crippen LogP contribution >= 0.6 is 0 Å². The first-order valence-corrected chi connectivity index (χ1v) is 6.82. The number of amides is 1. The van der Waals surface area contributed by atoms with Crippen LogP contribution in [-0.2, 0) is 10.2 Å². The predicted molar refractivity (Wildman–Crippen MR) is 80.2 cm³/mol. The van der Waals surface area contributed by atoms with Crippen LogP contribution in [0.1, 0.15) is 44.9 Å². The number of carbonyl (C=O) groups excluding carboxylic acids is 1. The number of nitriles is 1. The molecule has 1 aromatic carbocycles. The van der Waals surface area contributed by atoms with Gasteiger partial charge >= 0.3 is 0 Å². The summed E-state index contributed by atoms with van der Waals surface area (Å²) >= 11 is 0. The maximum Gasteiger partial charge on any atom is 0.216 e. The number of rotatable bonds is 5. The Morgan fingerprint density at radius 3 is 2.30 bits per heavy atom. The molecule has 0 saturated heterocycles. The first-order chi connectivity index (χ1) is 9.34. The summed E-state index contributed by atoms with van der Waals surface area (Å²) in [7, 11) is 0. The topological polar surface area (TPSA) is 64.9 Å². The molecule has 4 nitrogen and oxygen atoms in total. The summed E-state index contributed by atoms with van der Waals surface area (Å²) in [5.41, 5.74) is 2.30. The maximum atomic E-state index is 10.8. The summed E-state index contributed by atoms with van der Waals surface area (Å²) in [6.45, 7) is 9.06. The van der Waals surface area contributed by atoms with E-state index in [9.17, 15) is 10.1 Å². The average molecular weight is 273 g/mol. The van der Waals surface area contributed by atoms with Gasteiger partial charge in [-0.15, -0.1) is 0 Å². The largest absolute Gasteiger partial charge is 0.355 e. The van der Waals surface area contributed by atoms with Crippen LogP contribution in [0, 0.1) is 11.3 Å². The van der Waals surface area contributed by atoms with E-state index in [1.165, 1.54) is 12.5 Å². The first kappa shape index (κ1) is 16.2. The van der Waals surface area contributed by atoms with Crippen LogP contribution in [-0.4, -0.2) is 19.0 Å². The summed E-state index contributed by atoms with van der Waals surface area (Å²) in [5.74, 6) is -0.0603. The van der Waals surface area contributed by atoms with Gasteiger partial charge in [0.1, 0.15) is 6.04 Å². The summed E-state index contributed by atoms with van der Waals surface area (Å²) in [6.07, 6.45) is 0. The van der Waals surface area contributed by atoms with Crippen molar-refractivity contribution in [3.63, 3.8) is 0 Å². The molecule has 0 aliphatic heterocycles. The zero-order chi connectivity index (χ0) is 15.2. The van der Waals surface area contributed by atoms with Crippen molar-refractivity contribution in [3.8, 4) is 6.07 Å². The van der Waals surface area contributed by atoms with Crippen LogP contribution in [0.5, 0.6) is 0 Å². The van der Waals surface area contributed by atoms with Gasteiger partial charge in [-0.05, 0) is 16.5 Å². The second-order valence-corrected chi connectivity index (χ2v) is 5.87. The van der Waals surface area contributed by atoms with Crippen molar-refractivity contribution in [2.75, 3.05) is 13.1 Å². The number of nitrogens with zero attached hydrogens (tertiary/aromatic N) is 1. The van der Waals surface area contributed by atoms with E-state index in [1.54, 1.807) is 0 Å². The summed E-state index contributed by atoms with van der Waals surface area (Å²) in [6, 6.07) is 9.99. The van der Waals surface area contributed by atoms with Crippen molar-refractivity contribution in [3.05, 3.63) is 35.4 Å². The number of carbonyl (C=O) groups is 1. The zero-order valence-corrected chi connectivity index (χ0v) is 12.7. The molecule has 0 aliphatic rings. The molecular weight excluding hydrogens is 250 g/mol. The molecule has 0 radical (unpaired) electrons. The Hall–Kier alpha value is -1.86. The molecule has 0 heterocycles. The number of benzene rings is 1. The van der Waals surface area contributed by atoms with Crippen LogP contribution in [0.25, 0.3) is 0 Å². The standard InChI is InChI=1S/C16H23N3O/c1-12(20)18-9-10-19-15(11-17)13-5-7-14(8-6-13)16(2,3)4/h5-8,15,19H,9-10H2,1-4H3,(H,18,20). The SMILES string of the molecule is CC(=O)NCCNC(C#N)c1ccc(C(C)(C)C)cc1. The van der Waals surface area contributed by atoms with E-state index in [-0.39, 0.29) is 17.4 Å². The third-order valence-electron chi connectivity index (χ3n) is 3.09. The zero-order valence-electron chi connectivity index (χ0n) is 12.7. The lowest BCUT2D eigenvalue weighted by atomic mass is 9.86. The molecule has 1 rings (SSSR count). The molecule has 1 atom stereocenters. The van der Waals surface area contributed by atoms with Gasteiger partial charge in [0.2, 0.25) is 5.91 Å². The Labute approximate surface area is 121 Å². The minimum Gasteiger partial charge on any atom is -0.355 e. The minimum atomic E-state index is -0.349. The molecular formula is C16H23N3O. The Morgan fingerprint density at radius 1 is 1.25 bits per heavy atom. The monoisotopic (exact) mass is 273 g/mol. The molecule has 0 aliphatic carbocycles. The highest BCUT2D eigenvalue weighted by Gasteiger charge is 2.15. The average Bonchev–Trinajstić information content (AvgIpc) is 2.38. The molecule has 0 saturated carbocycles. The third-order valence-corrected chi connectivity index (χ3v) is 3.09. The molecule has 4 heteroatoms. The van der Waals surface area contributed by atoms with E-state index >= 15 is 0 Å². The molecule has 108 valence electrons. The van der Waals surface area contributed by atoms with Crippen LogP contribution in [0.4, 0.5) is 0 Å². The maximum absolute atomic E-state index is 10.8. The Morgan fingerprint density at radius 2 is 1.85 bits per heavy atom. The highest BCUT2D eigenvalue weighted by Crippen LogP contribution is 2.23. The first-order valence-electron chi connectivity index (χ1n) is 6.82. The van der Waals surface area contributed by atoms with Gasteiger partial charge in [-0.2, -0.15) is 5.26 Å². The fourth-order valence-corrected chi connectivity index (χ4v) is 1.87. The van der Waals surface area contributed by atoms with Crippen LogP contribution in [0.2, 0.25) is 0 Å². The quantitative estimate of drug-likeness (QED) is 0.809. The van der Waals surface area contributed by atoms with Gasteiger partial charge in [0.15, 0.2) is 0 Å². The fourth-order valence-electron chi connectivity index (χ4n) is 1.87. The van der Waals surface area contributed by atoms with Crippen LogP contribution in [0.3, 0.4) is 0 Å². The molecule has 0 aromatic heterocycles. The second kappa shape index (κ2) is 7.06. The number of nitrogens with one attached hydrogen (secondary N) is 2. The smallest absolute Gasteiger partial charge is 0.216 e. The van der Waals surface area contributed by atoms with Crippen LogP contribution < -0.4 is 10.6 Å². The van der Waals surface area contributed by atoms with E-state index in [2.05, 4.69) is 49.6 Å². The second-order valence-electron chi connectivity index (χ2n) is 5.87. The van der Waals surface area contributed by atoms with Gasteiger partial charge in [0.05, 0.1) is 6.07 Å². The molecule has 1 unspecified atom stereocenters. The van der Waals surface area contributed by atoms with E-state index in [4.69, 9.17) is 0 Å². The van der Waals surface area contributed by atoms with Crippen molar-refractivity contribution >= 4 is 5.91 Å². The summed E-state index contributed by atoms with van der Waals surface area (Å²) < 4.78 is 0. The van der Waals surface area contributed by atoms with E-state index in [1.807, 2.05) is 12.1 Å². The molecule has 1 aromatic rings. The van der Waals surface area contributed by atoms with Gasteiger partial charge in [-0.25, -0.2) is 0 Å². The van der Waals surface area contributed by atoms with Gasteiger partial charge < -0.3 is 5.32 Å². The Kier molecular flexibility index (Phi) is 5.72. The lowest BCUT2D eigenvalue weighted by Gasteiger charge is -2.20. The number of hydrogen-bond donors (Lipinski definition) is 2. The molecule has 2 N–H and O–H groups in total. The molecule has 1 amide bonds. The minimum absolute atomic E-state index is 0.0603. The molecule has 0 spiro atoms. The van der Waals surface area contributed by atoms with E-state index in [0.29, 0.717) is 13.1 Å². The molecule has 0 bridgehead atoms. The van der Waals surface area contributed by atoms with Crippen molar-refractivity contribution in [2.24, 2.45) is 0 Å². The van der Waals surface area contributed by atoms with E-state index in [0.717, 1.165) is 5.56 Å². The third kappa shape index (κ3) is 5.02. The lowest BCUT2D eigenvalue weighted by molar-refractivity contribution is -0.118. The number of hydrogen-bond acceptors (Lipinski definition) is 3. The van der Waals surface area contributed by atoms with Crippen molar-refractivity contribution in [2.45, 2.75) is 39.2 Å². The highest BCUT2D eigenvalue weighted by atomic mass is 16.1. The van der Waals surface area contributed by atoms with Crippen molar-refractivity contribution in [1.82, 2.24) is 10.6 Å². The van der Waals surface area contributed by atoms with Gasteiger partial charge in [-0.1, -0.05) is 45.0 Å². The van der Waals surface area contributed by atoms with Gasteiger partial charge in [0, 0.05) is 20.0 Å². The van der Waals surface area contributed by atoms with Crippen molar-refractivity contribution in [1.29, 1.82) is 5.26 Å². The summed E-state index contributed by atoms with van der Waals surface area (Å²) in [5, 5.41) is 15.0. The molecule has 0 fully saturated rings. The fraction of sp³-hybridized carbons (Fsp3) is 0.500.